The Bertz CT molecular complexity index is 990. The fourth-order valence-corrected chi connectivity index (χ4v) is 3.55. The lowest BCUT2D eigenvalue weighted by atomic mass is 9.94. The summed E-state index contributed by atoms with van der Waals surface area (Å²) in [5.41, 5.74) is 10.3. The van der Waals surface area contributed by atoms with Crippen LogP contribution in [-0.2, 0) is 6.54 Å². The van der Waals surface area contributed by atoms with Gasteiger partial charge in [-0.2, -0.15) is 0 Å². The molecule has 1 amide bonds. The average molecular weight is 391 g/mol. The zero-order chi connectivity index (χ0) is 19.9. The normalized spacial score (nSPS) is 10.5. The number of hydrogen-bond acceptors (Lipinski definition) is 5. The molecule has 0 radical (unpaired) electrons. The maximum Gasteiger partial charge on any atom is 0.255 e. The van der Waals surface area contributed by atoms with Gasteiger partial charge in [0.25, 0.3) is 5.91 Å². The molecule has 1 aromatic heterocycles. The fraction of sp³-hybridized carbons (Fsp3) is 0.136. The molecular weight excluding hydrogens is 370 g/mol. The highest BCUT2D eigenvalue weighted by atomic mass is 32.2. The van der Waals surface area contributed by atoms with E-state index in [2.05, 4.69) is 10.3 Å². The molecule has 0 fully saturated rings. The second-order valence-electron chi connectivity index (χ2n) is 6.03. The number of carbonyl (C=O) groups is 2. The van der Waals surface area contributed by atoms with Crippen molar-refractivity contribution in [2.75, 3.05) is 11.1 Å². The Balaban J connectivity index is 1.95. The van der Waals surface area contributed by atoms with Crippen LogP contribution in [-0.4, -0.2) is 21.8 Å². The number of rotatable bonds is 6. The number of nitrogens with one attached hydrogen (secondary N) is 1. The molecule has 2 aromatic carbocycles. The molecule has 1 heterocycles. The predicted octanol–water partition coefficient (Wildman–Crippen LogP) is 4.35. The second kappa shape index (κ2) is 9.30. The largest absolute Gasteiger partial charge is 0.326 e. The topological polar surface area (TPSA) is 85.1 Å². The van der Waals surface area contributed by atoms with Gasteiger partial charge in [-0.25, -0.2) is 0 Å². The van der Waals surface area contributed by atoms with Crippen molar-refractivity contribution in [3.63, 3.8) is 0 Å². The minimum Gasteiger partial charge on any atom is -0.326 e. The molecule has 5 nitrogen and oxygen atoms in total. The number of benzene rings is 2. The molecule has 0 spiro atoms. The van der Waals surface area contributed by atoms with Crippen molar-refractivity contribution in [2.24, 2.45) is 5.73 Å². The Morgan fingerprint density at radius 3 is 2.54 bits per heavy atom. The average Bonchev–Trinajstić information content (AvgIpc) is 2.74. The summed E-state index contributed by atoms with van der Waals surface area (Å²) in [6.07, 6.45) is 3.24. The standard InChI is InChI=1S/C22H21N3O2S/c1-2-28-22(27)19-8-4-7-18(20(19)14-23)15-5-3-6-16(13-15)21(26)25-17-9-11-24-12-10-17/h3-13H,2,14,23H2,1H3,(H,24,25,26). The van der Waals surface area contributed by atoms with E-state index in [1.54, 1.807) is 36.7 Å². The van der Waals surface area contributed by atoms with Gasteiger partial charge < -0.3 is 11.1 Å². The third kappa shape index (κ3) is 4.47. The molecule has 0 aliphatic heterocycles. The molecule has 6 heteroatoms. The molecule has 28 heavy (non-hydrogen) atoms. The first-order chi connectivity index (χ1) is 13.6. The fourth-order valence-electron chi connectivity index (χ4n) is 2.94. The third-order valence-electron chi connectivity index (χ3n) is 4.25. The summed E-state index contributed by atoms with van der Waals surface area (Å²) in [6.45, 7) is 2.19. The molecule has 142 valence electrons. The van der Waals surface area contributed by atoms with Crippen LogP contribution in [0.5, 0.6) is 0 Å². The lowest BCUT2D eigenvalue weighted by Crippen LogP contribution is -2.12. The van der Waals surface area contributed by atoms with Gasteiger partial charge in [-0.05, 0) is 46.7 Å². The minimum absolute atomic E-state index is 0.0105. The maximum atomic E-state index is 12.6. The van der Waals surface area contributed by atoms with E-state index in [-0.39, 0.29) is 17.6 Å². The first kappa shape index (κ1) is 19.8. The molecule has 3 aromatic rings. The molecule has 0 aliphatic carbocycles. The van der Waals surface area contributed by atoms with Gasteiger partial charge >= 0.3 is 0 Å². The molecule has 0 saturated heterocycles. The van der Waals surface area contributed by atoms with Gasteiger partial charge in [-0.3, -0.25) is 14.6 Å². The zero-order valence-electron chi connectivity index (χ0n) is 15.5. The molecular formula is C22H21N3O2S. The van der Waals surface area contributed by atoms with Crippen LogP contribution in [0, 0.1) is 0 Å². The number of thioether (sulfide) groups is 1. The number of nitrogens with zero attached hydrogens (tertiary/aromatic N) is 1. The summed E-state index contributed by atoms with van der Waals surface area (Å²) in [5, 5.41) is 2.86. The highest BCUT2D eigenvalue weighted by Crippen LogP contribution is 2.29. The third-order valence-corrected chi connectivity index (χ3v) is 5.02. The number of aromatic nitrogens is 1. The molecule has 0 saturated carbocycles. The number of anilines is 1. The van der Waals surface area contributed by atoms with Crippen molar-refractivity contribution in [3.05, 3.63) is 83.7 Å². The molecule has 3 rings (SSSR count). The van der Waals surface area contributed by atoms with Crippen molar-refractivity contribution in [1.29, 1.82) is 0 Å². The van der Waals surface area contributed by atoms with Crippen LogP contribution < -0.4 is 11.1 Å². The van der Waals surface area contributed by atoms with Crippen LogP contribution in [0.3, 0.4) is 0 Å². The quantitative estimate of drug-likeness (QED) is 0.652. The van der Waals surface area contributed by atoms with E-state index in [1.807, 2.05) is 37.3 Å². The summed E-state index contributed by atoms with van der Waals surface area (Å²) in [7, 11) is 0. The summed E-state index contributed by atoms with van der Waals surface area (Å²) in [4.78, 5) is 29.0. The highest BCUT2D eigenvalue weighted by molar-refractivity contribution is 8.14. The van der Waals surface area contributed by atoms with Gasteiger partial charge in [0, 0.05) is 35.8 Å². The summed E-state index contributed by atoms with van der Waals surface area (Å²) < 4.78 is 0. The van der Waals surface area contributed by atoms with Gasteiger partial charge in [-0.1, -0.05) is 49.0 Å². The Kier molecular flexibility index (Phi) is 6.57. The number of hydrogen-bond donors (Lipinski definition) is 2. The summed E-state index contributed by atoms with van der Waals surface area (Å²) >= 11 is 1.26. The van der Waals surface area contributed by atoms with E-state index in [9.17, 15) is 9.59 Å². The van der Waals surface area contributed by atoms with Crippen LogP contribution in [0.4, 0.5) is 5.69 Å². The van der Waals surface area contributed by atoms with Crippen molar-refractivity contribution in [2.45, 2.75) is 13.5 Å². The molecule has 0 aliphatic rings. The number of pyridine rings is 1. The minimum atomic E-state index is -0.212. The van der Waals surface area contributed by atoms with Crippen molar-refractivity contribution < 1.29 is 9.59 Å². The number of amides is 1. The highest BCUT2D eigenvalue weighted by Gasteiger charge is 2.16. The van der Waals surface area contributed by atoms with E-state index in [0.29, 0.717) is 22.6 Å². The Morgan fingerprint density at radius 1 is 1.07 bits per heavy atom. The smallest absolute Gasteiger partial charge is 0.255 e. The van der Waals surface area contributed by atoms with E-state index in [0.717, 1.165) is 16.7 Å². The van der Waals surface area contributed by atoms with Crippen LogP contribution in [0.1, 0.15) is 33.2 Å². The Morgan fingerprint density at radius 2 is 1.82 bits per heavy atom. The number of nitrogens with two attached hydrogens (primary N) is 1. The number of carbonyl (C=O) groups excluding carboxylic acids is 2. The Hall–Kier alpha value is -2.96. The summed E-state index contributed by atoms with van der Waals surface area (Å²) in [6, 6.07) is 16.3. The van der Waals surface area contributed by atoms with Crippen LogP contribution in [0.15, 0.2) is 67.0 Å². The van der Waals surface area contributed by atoms with Gasteiger partial charge in [0.15, 0.2) is 0 Å². The van der Waals surface area contributed by atoms with Gasteiger partial charge in [-0.15, -0.1) is 0 Å². The van der Waals surface area contributed by atoms with Crippen molar-refractivity contribution >= 4 is 28.5 Å². The first-order valence-electron chi connectivity index (χ1n) is 8.95. The van der Waals surface area contributed by atoms with E-state index in [4.69, 9.17) is 5.73 Å². The van der Waals surface area contributed by atoms with Crippen molar-refractivity contribution in [3.8, 4) is 11.1 Å². The first-order valence-corrected chi connectivity index (χ1v) is 9.93. The van der Waals surface area contributed by atoms with Crippen LogP contribution >= 0.6 is 11.8 Å². The van der Waals surface area contributed by atoms with E-state index in [1.165, 1.54) is 11.8 Å². The second-order valence-corrected chi connectivity index (χ2v) is 7.26. The monoisotopic (exact) mass is 391 g/mol. The summed E-state index contributed by atoms with van der Waals surface area (Å²) in [5.74, 6) is 0.494. The van der Waals surface area contributed by atoms with E-state index < -0.39 is 0 Å². The van der Waals surface area contributed by atoms with Gasteiger partial charge in [0.1, 0.15) is 0 Å². The lowest BCUT2D eigenvalue weighted by molar-refractivity contribution is 0.102. The van der Waals surface area contributed by atoms with E-state index >= 15 is 0 Å². The molecule has 0 atom stereocenters. The van der Waals surface area contributed by atoms with Crippen LogP contribution in [0.2, 0.25) is 0 Å². The maximum absolute atomic E-state index is 12.6. The van der Waals surface area contributed by atoms with Gasteiger partial charge in [0.2, 0.25) is 5.12 Å². The Labute approximate surface area is 168 Å². The van der Waals surface area contributed by atoms with Gasteiger partial charge in [0.05, 0.1) is 0 Å². The molecule has 3 N–H and O–H groups in total. The lowest BCUT2D eigenvalue weighted by Gasteiger charge is -2.13. The predicted molar refractivity (Wildman–Crippen MR) is 114 cm³/mol. The SMILES string of the molecule is CCSC(=O)c1cccc(-c2cccc(C(=O)Nc3ccncc3)c2)c1CN. The van der Waals surface area contributed by atoms with Crippen LogP contribution in [0.25, 0.3) is 11.1 Å². The molecule has 0 bridgehead atoms. The zero-order valence-corrected chi connectivity index (χ0v) is 16.3. The molecule has 0 unspecified atom stereocenters. The van der Waals surface area contributed by atoms with Crippen molar-refractivity contribution in [1.82, 2.24) is 4.98 Å².